The van der Waals surface area contributed by atoms with Gasteiger partial charge in [-0.2, -0.15) is 0 Å². The molecule has 2 aromatic rings. The van der Waals surface area contributed by atoms with Crippen LogP contribution in [0.2, 0.25) is 0 Å². The molecule has 0 saturated heterocycles. The molecule has 1 aromatic carbocycles. The fourth-order valence-electron chi connectivity index (χ4n) is 3.36. The van der Waals surface area contributed by atoms with Crippen LogP contribution in [-0.2, 0) is 16.9 Å². The predicted octanol–water partition coefficient (Wildman–Crippen LogP) is 4.46. The first kappa shape index (κ1) is 28.0. The minimum atomic E-state index is -1.10. The number of anilines is 1. The number of nitrogens with one attached hydrogen (secondary N) is 3. The Bertz CT molecular complexity index is 906. The molecule has 4 N–H and O–H groups in total. The van der Waals surface area contributed by atoms with E-state index >= 15 is 0 Å². The SMILES string of the molecule is CCNC(=NCc1cccc(NC(=O)CC(C)C)c1)NCC(C)(O)c1cc(C)oc1C.I. The number of amides is 1. The Kier molecular flexibility index (Phi) is 11.2. The average Bonchev–Trinajstić information content (AvgIpc) is 3.02. The molecule has 0 aliphatic rings. The van der Waals surface area contributed by atoms with Crippen LogP contribution in [0.4, 0.5) is 5.69 Å². The van der Waals surface area contributed by atoms with E-state index in [0.29, 0.717) is 37.1 Å². The first-order valence-corrected chi connectivity index (χ1v) is 10.8. The number of hydrogen-bond donors (Lipinski definition) is 4. The minimum absolute atomic E-state index is 0. The average molecular weight is 556 g/mol. The third-order valence-electron chi connectivity index (χ3n) is 4.79. The molecule has 32 heavy (non-hydrogen) atoms. The van der Waals surface area contributed by atoms with Gasteiger partial charge in [-0.05, 0) is 57.4 Å². The highest BCUT2D eigenvalue weighted by Crippen LogP contribution is 2.26. The number of hydrogen-bond acceptors (Lipinski definition) is 4. The smallest absolute Gasteiger partial charge is 0.224 e. The number of aliphatic hydroxyl groups is 1. The predicted molar refractivity (Wildman–Crippen MR) is 141 cm³/mol. The maximum absolute atomic E-state index is 12.0. The molecule has 8 heteroatoms. The lowest BCUT2D eigenvalue weighted by Gasteiger charge is -2.24. The fraction of sp³-hybridized carbons (Fsp3) is 0.500. The first-order valence-electron chi connectivity index (χ1n) is 10.8. The number of benzene rings is 1. The minimum Gasteiger partial charge on any atom is -0.466 e. The molecule has 2 rings (SSSR count). The molecule has 0 aliphatic carbocycles. The molecule has 1 heterocycles. The van der Waals surface area contributed by atoms with Crippen LogP contribution in [0.15, 0.2) is 39.7 Å². The van der Waals surface area contributed by atoms with Crippen LogP contribution in [-0.4, -0.2) is 30.1 Å². The number of nitrogens with zero attached hydrogens (tertiary/aromatic N) is 1. The molecule has 7 nitrogen and oxygen atoms in total. The number of guanidine groups is 1. The lowest BCUT2D eigenvalue weighted by Crippen LogP contribution is -2.44. The zero-order valence-corrected chi connectivity index (χ0v) is 22.2. The molecule has 1 atom stereocenters. The van der Waals surface area contributed by atoms with Crippen molar-refractivity contribution in [1.82, 2.24) is 10.6 Å². The van der Waals surface area contributed by atoms with E-state index in [0.717, 1.165) is 22.6 Å². The highest BCUT2D eigenvalue weighted by molar-refractivity contribution is 14.0. The quantitative estimate of drug-likeness (QED) is 0.208. The van der Waals surface area contributed by atoms with Crippen molar-refractivity contribution in [2.45, 2.75) is 60.1 Å². The summed E-state index contributed by atoms with van der Waals surface area (Å²) in [6.45, 7) is 12.9. The van der Waals surface area contributed by atoms with Crippen LogP contribution in [0.25, 0.3) is 0 Å². The largest absolute Gasteiger partial charge is 0.466 e. The van der Waals surface area contributed by atoms with Gasteiger partial charge >= 0.3 is 0 Å². The van der Waals surface area contributed by atoms with Gasteiger partial charge in [0.2, 0.25) is 5.91 Å². The Balaban J connectivity index is 0.00000512. The molecule has 0 aliphatic heterocycles. The van der Waals surface area contributed by atoms with Crippen LogP contribution < -0.4 is 16.0 Å². The highest BCUT2D eigenvalue weighted by Gasteiger charge is 2.27. The van der Waals surface area contributed by atoms with Crippen molar-refractivity contribution in [2.75, 3.05) is 18.4 Å². The molecule has 0 fully saturated rings. The summed E-state index contributed by atoms with van der Waals surface area (Å²) < 4.78 is 5.56. The number of carbonyl (C=O) groups excluding carboxylic acids is 1. The van der Waals surface area contributed by atoms with Crippen molar-refractivity contribution in [2.24, 2.45) is 10.9 Å². The van der Waals surface area contributed by atoms with Gasteiger partial charge < -0.3 is 25.5 Å². The van der Waals surface area contributed by atoms with Gasteiger partial charge in [0.1, 0.15) is 17.1 Å². The van der Waals surface area contributed by atoms with E-state index in [9.17, 15) is 9.90 Å². The van der Waals surface area contributed by atoms with Crippen molar-refractivity contribution in [1.29, 1.82) is 0 Å². The van der Waals surface area contributed by atoms with Crippen LogP contribution in [0, 0.1) is 19.8 Å². The van der Waals surface area contributed by atoms with Gasteiger partial charge in [-0.3, -0.25) is 4.79 Å². The summed E-state index contributed by atoms with van der Waals surface area (Å²) in [6.07, 6.45) is 0.493. The molecule has 0 spiro atoms. The number of halogens is 1. The van der Waals surface area contributed by atoms with E-state index in [2.05, 4.69) is 20.9 Å². The van der Waals surface area contributed by atoms with Crippen molar-refractivity contribution < 1.29 is 14.3 Å². The topological polar surface area (TPSA) is 98.9 Å². The molecule has 0 radical (unpaired) electrons. The summed E-state index contributed by atoms with van der Waals surface area (Å²) in [6, 6.07) is 9.55. The molecule has 1 aromatic heterocycles. The third kappa shape index (κ3) is 8.82. The Morgan fingerprint density at radius 1 is 1.22 bits per heavy atom. The summed E-state index contributed by atoms with van der Waals surface area (Å²) in [5.74, 6) is 2.41. The second-order valence-corrected chi connectivity index (χ2v) is 8.50. The number of carbonyl (C=O) groups is 1. The van der Waals surface area contributed by atoms with E-state index in [1.165, 1.54) is 0 Å². The van der Waals surface area contributed by atoms with Crippen LogP contribution in [0.3, 0.4) is 0 Å². The van der Waals surface area contributed by atoms with Gasteiger partial charge in [-0.15, -0.1) is 24.0 Å². The molecule has 0 bridgehead atoms. The van der Waals surface area contributed by atoms with Gasteiger partial charge in [0.15, 0.2) is 5.96 Å². The summed E-state index contributed by atoms with van der Waals surface area (Å²) in [4.78, 5) is 16.6. The van der Waals surface area contributed by atoms with E-state index in [4.69, 9.17) is 4.42 Å². The monoisotopic (exact) mass is 556 g/mol. The maximum atomic E-state index is 12.0. The summed E-state index contributed by atoms with van der Waals surface area (Å²) in [7, 11) is 0. The van der Waals surface area contributed by atoms with Crippen molar-refractivity contribution in [3.8, 4) is 0 Å². The lowest BCUT2D eigenvalue weighted by molar-refractivity contribution is -0.116. The Morgan fingerprint density at radius 2 is 1.94 bits per heavy atom. The fourth-order valence-corrected chi connectivity index (χ4v) is 3.36. The van der Waals surface area contributed by atoms with E-state index in [1.54, 1.807) is 6.92 Å². The first-order chi connectivity index (χ1) is 14.6. The number of aliphatic imine (C=N–C) groups is 1. The van der Waals surface area contributed by atoms with Gasteiger partial charge in [0, 0.05) is 24.2 Å². The number of aryl methyl sites for hydroxylation is 2. The second-order valence-electron chi connectivity index (χ2n) is 8.50. The summed E-state index contributed by atoms with van der Waals surface area (Å²) >= 11 is 0. The highest BCUT2D eigenvalue weighted by atomic mass is 127. The van der Waals surface area contributed by atoms with E-state index in [1.807, 2.05) is 65.0 Å². The molecular formula is C24H37IN4O3. The van der Waals surface area contributed by atoms with Gasteiger partial charge in [-0.1, -0.05) is 26.0 Å². The van der Waals surface area contributed by atoms with Crippen molar-refractivity contribution >= 4 is 41.5 Å². The molecule has 1 amide bonds. The standard InChI is InChI=1S/C24H36N4O3.HI/c1-7-25-23(27-15-24(6,30)21-12-17(4)31-18(21)5)26-14-19-9-8-10-20(13-19)28-22(29)11-16(2)3;/h8-10,12-13,16,30H,7,11,14-15H2,1-6H3,(H,28,29)(H2,25,26,27);1H. The van der Waals surface area contributed by atoms with E-state index in [-0.39, 0.29) is 36.4 Å². The van der Waals surface area contributed by atoms with Crippen LogP contribution in [0.1, 0.15) is 56.8 Å². The van der Waals surface area contributed by atoms with Gasteiger partial charge in [0.05, 0.1) is 13.1 Å². The summed E-state index contributed by atoms with van der Waals surface area (Å²) in [5, 5.41) is 20.3. The summed E-state index contributed by atoms with van der Waals surface area (Å²) in [5.41, 5.74) is 1.41. The van der Waals surface area contributed by atoms with Crippen molar-refractivity contribution in [3.05, 3.63) is 53.0 Å². The molecular weight excluding hydrogens is 519 g/mol. The lowest BCUT2D eigenvalue weighted by atomic mass is 9.96. The third-order valence-corrected chi connectivity index (χ3v) is 4.79. The zero-order valence-electron chi connectivity index (χ0n) is 19.9. The van der Waals surface area contributed by atoms with Crippen LogP contribution in [0.5, 0.6) is 0 Å². The normalized spacial score (nSPS) is 13.3. The van der Waals surface area contributed by atoms with Crippen LogP contribution >= 0.6 is 24.0 Å². The Hall–Kier alpha value is -2.07. The van der Waals surface area contributed by atoms with Gasteiger partial charge in [-0.25, -0.2) is 4.99 Å². The maximum Gasteiger partial charge on any atom is 0.224 e. The van der Waals surface area contributed by atoms with Crippen molar-refractivity contribution in [3.63, 3.8) is 0 Å². The second kappa shape index (κ2) is 12.8. The zero-order chi connectivity index (χ0) is 23.0. The molecule has 1 unspecified atom stereocenters. The van der Waals surface area contributed by atoms with E-state index < -0.39 is 5.60 Å². The molecule has 178 valence electrons. The molecule has 0 saturated carbocycles. The Morgan fingerprint density at radius 3 is 2.53 bits per heavy atom. The Labute approximate surface area is 208 Å². The number of furan rings is 1. The van der Waals surface area contributed by atoms with Gasteiger partial charge in [0.25, 0.3) is 0 Å². The number of rotatable bonds is 9.